The third kappa shape index (κ3) is 8.58. The second kappa shape index (κ2) is 10.7. The van der Waals surface area contributed by atoms with Crippen molar-refractivity contribution >= 4 is 23.5 Å². The van der Waals surface area contributed by atoms with E-state index in [2.05, 4.69) is 13.1 Å². The molecule has 2 aliphatic carbocycles. The average Bonchev–Trinajstić information content (AvgIpc) is 2.98. The van der Waals surface area contributed by atoms with Gasteiger partial charge in [-0.05, 0) is 43.4 Å². The van der Waals surface area contributed by atoms with Gasteiger partial charge in [-0.3, -0.25) is 4.52 Å². The van der Waals surface area contributed by atoms with E-state index in [1.807, 2.05) is 0 Å². The molecule has 0 amide bonds. The van der Waals surface area contributed by atoms with Gasteiger partial charge >= 0.3 is 23.5 Å². The minimum atomic E-state index is -5.49. The van der Waals surface area contributed by atoms with Crippen molar-refractivity contribution < 1.29 is 51.2 Å². The monoisotopic (exact) mass is 506 g/mol. The fraction of sp³-hybridized carbons (Fsp3) is 1.00. The minimum absolute atomic E-state index is 0.0688. The van der Waals surface area contributed by atoms with Gasteiger partial charge in [0.25, 0.3) is 0 Å². The Kier molecular flexibility index (Phi) is 9.01. The molecule has 0 spiro atoms. The summed E-state index contributed by atoms with van der Waals surface area (Å²) in [5.74, 6) is 2.06. The van der Waals surface area contributed by atoms with Crippen LogP contribution in [-0.4, -0.2) is 38.4 Å². The molecule has 0 bridgehead atoms. The van der Waals surface area contributed by atoms with Crippen LogP contribution >= 0.6 is 23.5 Å². The highest BCUT2D eigenvalue weighted by Crippen LogP contribution is 2.66. The van der Waals surface area contributed by atoms with Gasteiger partial charge in [0.15, 0.2) is 0 Å². The first-order valence-electron chi connectivity index (χ1n) is 10.9. The summed E-state index contributed by atoms with van der Waals surface area (Å²) in [6.07, 6.45) is 12.7. The van der Waals surface area contributed by atoms with Crippen molar-refractivity contribution in [3.05, 3.63) is 0 Å². The predicted molar refractivity (Wildman–Crippen MR) is 110 cm³/mol. The number of hydrogen-bond donors (Lipinski definition) is 4. The molecule has 2 saturated carbocycles. The molecule has 4 N–H and O–H groups in total. The summed E-state index contributed by atoms with van der Waals surface area (Å²) in [4.78, 5) is 35.8. The van der Waals surface area contributed by atoms with Crippen LogP contribution in [0.15, 0.2) is 0 Å². The van der Waals surface area contributed by atoms with Gasteiger partial charge in [0, 0.05) is 0 Å². The van der Waals surface area contributed by atoms with Crippen molar-refractivity contribution in [1.29, 1.82) is 0 Å². The smallest absolute Gasteiger partial charge is 0.372 e. The van der Waals surface area contributed by atoms with Gasteiger partial charge in [-0.15, -0.1) is 0 Å². The average molecular weight is 506 g/mol. The number of hydrogen-bond acceptors (Lipinski definition) is 7. The maximum Gasteiger partial charge on any atom is 0.490 e. The second-order valence-electron chi connectivity index (χ2n) is 8.86. The number of phosphoric ester groups is 1. The molecule has 1 saturated heterocycles. The Bertz CT molecular complexity index is 727. The standard InChI is InChI=1S/C17H33O11P3/c18-29(19,20)27-31(23,24)28-30(21,22)25-12-16-8-9-17(26-16)15-10-14(11-15)13-6-4-2-1-3-5-7-13/h13-17H,1-12H2,(H,21,22)(H,23,24)(H2,18,19,20)/t14?,15?,16?,17-/m1/s1. The highest BCUT2D eigenvalue weighted by Gasteiger charge is 2.44. The molecule has 0 radical (unpaired) electrons. The quantitative estimate of drug-likeness (QED) is 0.330. The summed E-state index contributed by atoms with van der Waals surface area (Å²) >= 11 is 0. The SMILES string of the molecule is O=P(O)(O)OP(=O)(O)OP(=O)(O)OCC1CC[C@H](C2CC(C3CCCCCCC3)C2)O1. The molecule has 11 nitrogen and oxygen atoms in total. The molecule has 1 aliphatic heterocycles. The van der Waals surface area contributed by atoms with E-state index < -0.39 is 29.6 Å². The zero-order valence-corrected chi connectivity index (χ0v) is 20.0. The Labute approximate surface area is 182 Å². The van der Waals surface area contributed by atoms with E-state index in [-0.39, 0.29) is 12.7 Å². The predicted octanol–water partition coefficient (Wildman–Crippen LogP) is 4.26. The van der Waals surface area contributed by atoms with Gasteiger partial charge < -0.3 is 24.3 Å². The maximum absolute atomic E-state index is 11.8. The molecular weight excluding hydrogens is 473 g/mol. The number of rotatable bonds is 9. The summed E-state index contributed by atoms with van der Waals surface area (Å²) < 4.78 is 51.9. The van der Waals surface area contributed by atoms with Crippen molar-refractivity contribution in [1.82, 2.24) is 0 Å². The Balaban J connectivity index is 1.38. The van der Waals surface area contributed by atoms with Crippen molar-refractivity contribution in [3.8, 4) is 0 Å². The Morgan fingerprint density at radius 1 is 0.710 bits per heavy atom. The van der Waals surface area contributed by atoms with E-state index in [1.54, 1.807) is 0 Å². The highest BCUT2D eigenvalue weighted by atomic mass is 31.3. The Morgan fingerprint density at radius 2 is 1.32 bits per heavy atom. The van der Waals surface area contributed by atoms with Crippen LogP contribution in [0, 0.1) is 17.8 Å². The molecule has 3 fully saturated rings. The molecule has 3 aliphatic rings. The summed E-state index contributed by atoms with van der Waals surface area (Å²) in [6, 6.07) is 0. The van der Waals surface area contributed by atoms with E-state index in [4.69, 9.17) is 14.5 Å². The molecule has 0 aromatic heterocycles. The highest BCUT2D eigenvalue weighted by molar-refractivity contribution is 7.66. The molecule has 0 aromatic carbocycles. The van der Waals surface area contributed by atoms with E-state index in [0.29, 0.717) is 12.3 Å². The fourth-order valence-electron chi connectivity index (χ4n) is 5.04. The summed E-state index contributed by atoms with van der Waals surface area (Å²) in [7, 11) is -16.0. The lowest BCUT2D eigenvalue weighted by Crippen LogP contribution is -2.38. The van der Waals surface area contributed by atoms with E-state index >= 15 is 0 Å². The molecule has 3 rings (SSSR count). The van der Waals surface area contributed by atoms with Crippen LogP contribution in [0.4, 0.5) is 0 Å². The van der Waals surface area contributed by atoms with Gasteiger partial charge in [0.2, 0.25) is 0 Å². The first-order chi connectivity index (χ1) is 14.4. The van der Waals surface area contributed by atoms with Crippen LogP contribution in [0.1, 0.15) is 70.6 Å². The van der Waals surface area contributed by atoms with Gasteiger partial charge in [-0.2, -0.15) is 8.62 Å². The molecular formula is C17H33O11P3. The molecule has 31 heavy (non-hydrogen) atoms. The van der Waals surface area contributed by atoms with Crippen LogP contribution < -0.4 is 0 Å². The number of phosphoric acid groups is 3. The largest absolute Gasteiger partial charge is 0.490 e. The summed E-state index contributed by atoms with van der Waals surface area (Å²) in [6.45, 7) is -0.348. The van der Waals surface area contributed by atoms with Crippen LogP contribution in [0.5, 0.6) is 0 Å². The van der Waals surface area contributed by atoms with Crippen molar-refractivity contribution in [2.24, 2.45) is 17.8 Å². The van der Waals surface area contributed by atoms with E-state index in [1.165, 1.54) is 44.9 Å². The third-order valence-corrected chi connectivity index (χ3v) is 10.3. The van der Waals surface area contributed by atoms with Crippen LogP contribution in [0.3, 0.4) is 0 Å². The lowest BCUT2D eigenvalue weighted by Gasteiger charge is -2.43. The summed E-state index contributed by atoms with van der Waals surface area (Å²) in [5.41, 5.74) is 0. The zero-order chi connectivity index (χ0) is 22.7. The maximum atomic E-state index is 11.8. The third-order valence-electron chi connectivity index (χ3n) is 6.53. The van der Waals surface area contributed by atoms with Gasteiger partial charge in [-0.25, -0.2) is 13.7 Å². The Hall–Kier alpha value is 0.370. The van der Waals surface area contributed by atoms with E-state index in [0.717, 1.165) is 31.1 Å². The first kappa shape index (κ1) is 26.0. The minimum Gasteiger partial charge on any atom is -0.372 e. The zero-order valence-electron chi connectivity index (χ0n) is 17.4. The topological polar surface area (TPSA) is 169 Å². The second-order valence-corrected chi connectivity index (χ2v) is 13.3. The summed E-state index contributed by atoms with van der Waals surface area (Å²) in [5, 5.41) is 0. The van der Waals surface area contributed by atoms with Crippen LogP contribution in [0.2, 0.25) is 0 Å². The van der Waals surface area contributed by atoms with Crippen LogP contribution in [0.25, 0.3) is 0 Å². The van der Waals surface area contributed by atoms with Crippen LogP contribution in [-0.2, 0) is 31.6 Å². The van der Waals surface area contributed by atoms with Gasteiger partial charge in [-0.1, -0.05) is 44.9 Å². The molecule has 4 atom stereocenters. The molecule has 0 aromatic rings. The van der Waals surface area contributed by atoms with Gasteiger partial charge in [0.05, 0.1) is 18.8 Å². The molecule has 182 valence electrons. The van der Waals surface area contributed by atoms with Gasteiger partial charge in [0.1, 0.15) is 0 Å². The van der Waals surface area contributed by atoms with E-state index in [9.17, 15) is 23.5 Å². The lowest BCUT2D eigenvalue weighted by molar-refractivity contribution is -0.0556. The number of ether oxygens (including phenoxy) is 1. The first-order valence-corrected chi connectivity index (χ1v) is 15.4. The lowest BCUT2D eigenvalue weighted by atomic mass is 9.64. The fourth-order valence-corrected chi connectivity index (χ4v) is 8.09. The molecule has 1 heterocycles. The molecule has 3 unspecified atom stereocenters. The normalized spacial score (nSPS) is 34.8. The molecule has 14 heteroatoms. The Morgan fingerprint density at radius 3 is 1.94 bits per heavy atom. The van der Waals surface area contributed by atoms with Crippen molar-refractivity contribution in [3.63, 3.8) is 0 Å². The van der Waals surface area contributed by atoms with Crippen molar-refractivity contribution in [2.75, 3.05) is 6.61 Å². The van der Waals surface area contributed by atoms with Crippen molar-refractivity contribution in [2.45, 2.75) is 82.8 Å².